The van der Waals surface area contributed by atoms with E-state index in [-0.39, 0.29) is 24.4 Å². The van der Waals surface area contributed by atoms with Crippen molar-refractivity contribution in [3.63, 3.8) is 0 Å². The largest absolute Gasteiger partial charge is 0.407 e. The van der Waals surface area contributed by atoms with Crippen molar-refractivity contribution >= 4 is 5.91 Å². The van der Waals surface area contributed by atoms with Gasteiger partial charge in [0.25, 0.3) is 0 Å². The third-order valence-electron chi connectivity index (χ3n) is 2.44. The maximum atomic E-state index is 12.8. The Morgan fingerprint density at radius 1 is 1.28 bits per heavy atom. The lowest BCUT2D eigenvalue weighted by Crippen LogP contribution is -2.36. The Bertz CT molecular complexity index is 379. The average molecular weight is 260 g/mol. The van der Waals surface area contributed by atoms with Crippen molar-refractivity contribution in [1.82, 2.24) is 10.6 Å². The summed E-state index contributed by atoms with van der Waals surface area (Å²) in [7, 11) is 1.45. The number of benzene rings is 1. The van der Waals surface area contributed by atoms with Gasteiger partial charge in [0.15, 0.2) is 0 Å². The van der Waals surface area contributed by atoms with Gasteiger partial charge >= 0.3 is 6.18 Å². The van der Waals surface area contributed by atoms with E-state index in [1.165, 1.54) is 19.2 Å². The summed E-state index contributed by atoms with van der Waals surface area (Å²) in [6, 6.07) is 5.82. The molecule has 1 aromatic rings. The molecule has 3 nitrogen and oxygen atoms in total. The fourth-order valence-electron chi connectivity index (χ4n) is 1.52. The SMILES string of the molecule is CNC(=O)CCNC(c1ccccc1)C(F)(F)F. The molecule has 0 fully saturated rings. The van der Waals surface area contributed by atoms with Crippen LogP contribution in [0.5, 0.6) is 0 Å². The summed E-state index contributed by atoms with van der Waals surface area (Å²) in [5.74, 6) is -0.295. The van der Waals surface area contributed by atoms with Crippen molar-refractivity contribution in [3.05, 3.63) is 35.9 Å². The number of nitrogens with one attached hydrogen (secondary N) is 2. The van der Waals surface area contributed by atoms with Crippen LogP contribution in [-0.2, 0) is 4.79 Å². The molecular formula is C12H15F3N2O. The summed E-state index contributed by atoms with van der Waals surface area (Å²) in [4.78, 5) is 10.9. The topological polar surface area (TPSA) is 41.1 Å². The second-order valence-corrected chi connectivity index (χ2v) is 3.76. The monoisotopic (exact) mass is 260 g/mol. The van der Waals surface area contributed by atoms with Crippen LogP contribution < -0.4 is 10.6 Å². The van der Waals surface area contributed by atoms with E-state index in [2.05, 4.69) is 10.6 Å². The van der Waals surface area contributed by atoms with Gasteiger partial charge in [0, 0.05) is 20.0 Å². The number of halogens is 3. The second-order valence-electron chi connectivity index (χ2n) is 3.76. The van der Waals surface area contributed by atoms with E-state index in [4.69, 9.17) is 0 Å². The molecule has 0 aliphatic heterocycles. The van der Waals surface area contributed by atoms with E-state index in [1.54, 1.807) is 18.2 Å². The number of hydrogen-bond acceptors (Lipinski definition) is 2. The van der Waals surface area contributed by atoms with Gasteiger partial charge in [-0.15, -0.1) is 0 Å². The van der Waals surface area contributed by atoms with E-state index in [0.717, 1.165) is 0 Å². The smallest absolute Gasteiger partial charge is 0.359 e. The Labute approximate surface area is 103 Å². The maximum Gasteiger partial charge on any atom is 0.407 e. The molecule has 100 valence electrons. The fraction of sp³-hybridized carbons (Fsp3) is 0.417. The number of amides is 1. The molecule has 0 aliphatic rings. The van der Waals surface area contributed by atoms with Crippen LogP contribution in [0.4, 0.5) is 13.2 Å². The van der Waals surface area contributed by atoms with Gasteiger partial charge in [-0.25, -0.2) is 0 Å². The standard InChI is InChI=1S/C12H15F3N2O/c1-16-10(18)7-8-17-11(12(13,14)15)9-5-3-2-4-6-9/h2-6,11,17H,7-8H2,1H3,(H,16,18). The van der Waals surface area contributed by atoms with Crippen molar-refractivity contribution in [2.24, 2.45) is 0 Å². The van der Waals surface area contributed by atoms with Crippen molar-refractivity contribution in [1.29, 1.82) is 0 Å². The minimum Gasteiger partial charge on any atom is -0.359 e. The molecule has 1 unspecified atom stereocenters. The molecule has 1 aromatic carbocycles. The van der Waals surface area contributed by atoms with Gasteiger partial charge in [-0.05, 0) is 5.56 Å². The number of rotatable bonds is 5. The molecule has 0 spiro atoms. The molecular weight excluding hydrogens is 245 g/mol. The van der Waals surface area contributed by atoms with Crippen molar-refractivity contribution in [2.45, 2.75) is 18.6 Å². The Balaban J connectivity index is 2.67. The van der Waals surface area contributed by atoms with Gasteiger partial charge < -0.3 is 10.6 Å². The summed E-state index contributed by atoms with van der Waals surface area (Å²) < 4.78 is 38.5. The Kier molecular flexibility index (Phi) is 5.15. The highest BCUT2D eigenvalue weighted by Gasteiger charge is 2.40. The predicted molar refractivity (Wildman–Crippen MR) is 61.9 cm³/mol. The zero-order valence-corrected chi connectivity index (χ0v) is 9.92. The maximum absolute atomic E-state index is 12.8. The predicted octanol–water partition coefficient (Wildman–Crippen LogP) is 2.02. The first-order valence-electron chi connectivity index (χ1n) is 5.50. The highest BCUT2D eigenvalue weighted by Crippen LogP contribution is 2.32. The van der Waals surface area contributed by atoms with Crippen LogP contribution in [0.15, 0.2) is 30.3 Å². The Hall–Kier alpha value is -1.56. The molecule has 0 saturated carbocycles. The summed E-state index contributed by atoms with van der Waals surface area (Å²) in [6.07, 6.45) is -4.38. The van der Waals surface area contributed by atoms with Crippen molar-refractivity contribution < 1.29 is 18.0 Å². The molecule has 6 heteroatoms. The average Bonchev–Trinajstić information content (AvgIpc) is 2.33. The van der Waals surface area contributed by atoms with Gasteiger partial charge in [0.2, 0.25) is 5.91 Å². The van der Waals surface area contributed by atoms with E-state index < -0.39 is 12.2 Å². The number of alkyl halides is 3. The summed E-state index contributed by atoms with van der Waals surface area (Å²) >= 11 is 0. The van der Waals surface area contributed by atoms with Gasteiger partial charge in [0.05, 0.1) is 0 Å². The second kappa shape index (κ2) is 6.39. The molecule has 0 aliphatic carbocycles. The lowest BCUT2D eigenvalue weighted by Gasteiger charge is -2.21. The van der Waals surface area contributed by atoms with Crippen LogP contribution in [0, 0.1) is 0 Å². The minimum atomic E-state index is -4.38. The molecule has 1 rings (SSSR count). The summed E-state index contributed by atoms with van der Waals surface area (Å²) in [6.45, 7) is -0.0290. The van der Waals surface area contributed by atoms with Crippen molar-refractivity contribution in [3.8, 4) is 0 Å². The van der Waals surface area contributed by atoms with Crippen LogP contribution in [0.25, 0.3) is 0 Å². The van der Waals surface area contributed by atoms with E-state index in [1.807, 2.05) is 0 Å². The number of carbonyl (C=O) groups excluding carboxylic acids is 1. The van der Waals surface area contributed by atoms with Gasteiger partial charge in [-0.1, -0.05) is 30.3 Å². The third-order valence-corrected chi connectivity index (χ3v) is 2.44. The minimum absolute atomic E-state index is 0.00983. The lowest BCUT2D eigenvalue weighted by atomic mass is 10.1. The highest BCUT2D eigenvalue weighted by molar-refractivity contribution is 5.75. The van der Waals surface area contributed by atoms with Gasteiger partial charge in [0.1, 0.15) is 6.04 Å². The molecule has 18 heavy (non-hydrogen) atoms. The molecule has 0 radical (unpaired) electrons. The molecule has 2 N–H and O–H groups in total. The first kappa shape index (κ1) is 14.5. The molecule has 0 aromatic heterocycles. The van der Waals surface area contributed by atoms with Crippen LogP contribution in [0.1, 0.15) is 18.0 Å². The molecule has 1 atom stereocenters. The molecule has 1 amide bonds. The zero-order chi connectivity index (χ0) is 13.6. The lowest BCUT2D eigenvalue weighted by molar-refractivity contribution is -0.158. The first-order valence-corrected chi connectivity index (χ1v) is 5.50. The number of carbonyl (C=O) groups is 1. The summed E-state index contributed by atoms with van der Waals surface area (Å²) in [5.41, 5.74) is 0.141. The van der Waals surface area contributed by atoms with E-state index >= 15 is 0 Å². The van der Waals surface area contributed by atoms with Crippen molar-refractivity contribution in [2.75, 3.05) is 13.6 Å². The fourth-order valence-corrected chi connectivity index (χ4v) is 1.52. The van der Waals surface area contributed by atoms with Gasteiger partial charge in [-0.3, -0.25) is 4.79 Å². The van der Waals surface area contributed by atoms with Crippen LogP contribution in [0.2, 0.25) is 0 Å². The van der Waals surface area contributed by atoms with Gasteiger partial charge in [-0.2, -0.15) is 13.2 Å². The van der Waals surface area contributed by atoms with Crippen LogP contribution >= 0.6 is 0 Å². The summed E-state index contributed by atoms with van der Waals surface area (Å²) in [5, 5.41) is 4.71. The van der Waals surface area contributed by atoms with E-state index in [0.29, 0.717) is 0 Å². The Morgan fingerprint density at radius 2 is 1.89 bits per heavy atom. The number of hydrogen-bond donors (Lipinski definition) is 2. The molecule has 0 bridgehead atoms. The third kappa shape index (κ3) is 4.37. The quantitative estimate of drug-likeness (QED) is 0.850. The normalized spacial score (nSPS) is 13.1. The first-order chi connectivity index (χ1) is 8.45. The molecule has 0 saturated heterocycles. The Morgan fingerprint density at radius 3 is 2.39 bits per heavy atom. The molecule has 0 heterocycles. The van der Waals surface area contributed by atoms with E-state index in [9.17, 15) is 18.0 Å². The van der Waals surface area contributed by atoms with Crippen LogP contribution in [-0.4, -0.2) is 25.7 Å². The zero-order valence-electron chi connectivity index (χ0n) is 9.92. The highest BCUT2D eigenvalue weighted by atomic mass is 19.4. The van der Waals surface area contributed by atoms with Crippen LogP contribution in [0.3, 0.4) is 0 Å².